The van der Waals surface area contributed by atoms with E-state index < -0.39 is 5.97 Å². The Kier molecular flexibility index (Phi) is 10.2. The van der Waals surface area contributed by atoms with Crippen molar-refractivity contribution in [1.82, 2.24) is 0 Å². The highest BCUT2D eigenvalue weighted by atomic mass is 16.5. The van der Waals surface area contributed by atoms with Gasteiger partial charge in [0.05, 0.1) is 30.8 Å². The normalized spacial score (nSPS) is 11.7. The van der Waals surface area contributed by atoms with Crippen LogP contribution >= 0.6 is 0 Å². The van der Waals surface area contributed by atoms with E-state index in [4.69, 9.17) is 20.3 Å². The van der Waals surface area contributed by atoms with Crippen LogP contribution in [-0.2, 0) is 14.3 Å². The van der Waals surface area contributed by atoms with Crippen molar-refractivity contribution in [3.63, 3.8) is 0 Å². The summed E-state index contributed by atoms with van der Waals surface area (Å²) in [5, 5.41) is 8.23. The smallest absolute Gasteiger partial charge is 0.305 e. The van der Waals surface area contributed by atoms with E-state index in [-0.39, 0.29) is 17.6 Å². The number of carboxylic acids is 1. The minimum atomic E-state index is -0.816. The molecule has 0 heterocycles. The predicted octanol–water partition coefficient (Wildman–Crippen LogP) is 2.04. The van der Waals surface area contributed by atoms with Crippen LogP contribution in [0.2, 0.25) is 0 Å². The molecule has 5 nitrogen and oxygen atoms in total. The SMILES string of the molecule is CC(C)(C)OCCC(=O)O.CC(C)(C)OCCN. The summed E-state index contributed by atoms with van der Waals surface area (Å²) in [6.45, 7) is 13.3. The van der Waals surface area contributed by atoms with Crippen LogP contribution in [0.5, 0.6) is 0 Å². The summed E-state index contributed by atoms with van der Waals surface area (Å²) < 4.78 is 10.4. The van der Waals surface area contributed by atoms with Gasteiger partial charge in [-0.15, -0.1) is 0 Å². The summed E-state index contributed by atoms with van der Waals surface area (Å²) in [6.07, 6.45) is 0.0806. The minimum Gasteiger partial charge on any atom is -0.481 e. The molecule has 3 N–H and O–H groups in total. The first kappa shape index (κ1) is 19.7. The van der Waals surface area contributed by atoms with Gasteiger partial charge in [0.15, 0.2) is 0 Å². The number of carboxylic acid groups (broad SMARTS) is 1. The Morgan fingerprint density at radius 3 is 1.61 bits per heavy atom. The highest BCUT2D eigenvalue weighted by Crippen LogP contribution is 2.06. The molecule has 0 aliphatic carbocycles. The van der Waals surface area contributed by atoms with Crippen LogP contribution in [0.15, 0.2) is 0 Å². The molecule has 0 aromatic rings. The monoisotopic (exact) mass is 263 g/mol. The Hall–Kier alpha value is -0.650. The topological polar surface area (TPSA) is 81.8 Å². The summed E-state index contributed by atoms with van der Waals surface area (Å²) in [5.74, 6) is -0.816. The summed E-state index contributed by atoms with van der Waals surface area (Å²) >= 11 is 0. The maximum absolute atomic E-state index is 10.0. The second-order valence-corrected chi connectivity index (χ2v) is 5.85. The summed E-state index contributed by atoms with van der Waals surface area (Å²) in [4.78, 5) is 10.0. The van der Waals surface area contributed by atoms with Crippen LogP contribution in [-0.4, -0.2) is 42.0 Å². The molecule has 0 amide bonds. The standard InChI is InChI=1S/C7H14O3.C6H15NO/c1-7(2,3)10-5-4-6(8)9;1-6(2,3)8-5-4-7/h4-5H2,1-3H3,(H,8,9);4-5,7H2,1-3H3. The Balaban J connectivity index is 0. The first-order valence-electron chi connectivity index (χ1n) is 6.18. The van der Waals surface area contributed by atoms with Crippen LogP contribution in [0.3, 0.4) is 0 Å². The highest BCUT2D eigenvalue weighted by molar-refractivity contribution is 5.66. The van der Waals surface area contributed by atoms with Crippen LogP contribution in [0.1, 0.15) is 48.0 Å². The minimum absolute atomic E-state index is 0.0284. The Bertz CT molecular complexity index is 216. The van der Waals surface area contributed by atoms with Crippen molar-refractivity contribution >= 4 is 5.97 Å². The molecule has 110 valence electrons. The molecule has 0 bridgehead atoms. The first-order chi connectivity index (χ1) is 7.98. The third-order valence-corrected chi connectivity index (χ3v) is 1.50. The van der Waals surface area contributed by atoms with Crippen LogP contribution in [0, 0.1) is 0 Å². The lowest BCUT2D eigenvalue weighted by Gasteiger charge is -2.18. The van der Waals surface area contributed by atoms with Gasteiger partial charge in [0.1, 0.15) is 0 Å². The number of nitrogens with two attached hydrogens (primary N) is 1. The van der Waals surface area contributed by atoms with Crippen molar-refractivity contribution in [3.8, 4) is 0 Å². The molecule has 0 aliphatic rings. The van der Waals surface area contributed by atoms with E-state index in [0.717, 1.165) is 0 Å². The molecule has 0 saturated heterocycles. The number of ether oxygens (including phenoxy) is 2. The fourth-order valence-corrected chi connectivity index (χ4v) is 0.810. The number of rotatable bonds is 5. The van der Waals surface area contributed by atoms with Gasteiger partial charge < -0.3 is 20.3 Å². The molecule has 0 aromatic heterocycles. The molecule has 0 saturated carbocycles. The molecule has 0 unspecified atom stereocenters. The average molecular weight is 263 g/mol. The van der Waals surface area contributed by atoms with Gasteiger partial charge in [0, 0.05) is 6.54 Å². The summed E-state index contributed by atoms with van der Waals surface area (Å²) in [5.41, 5.74) is 4.96. The first-order valence-corrected chi connectivity index (χ1v) is 6.18. The zero-order chi connectivity index (χ0) is 14.8. The molecule has 0 atom stereocenters. The van der Waals surface area contributed by atoms with Crippen molar-refractivity contribution in [1.29, 1.82) is 0 Å². The van der Waals surface area contributed by atoms with Gasteiger partial charge in [-0.25, -0.2) is 0 Å². The van der Waals surface area contributed by atoms with Crippen molar-refractivity contribution in [3.05, 3.63) is 0 Å². The Morgan fingerprint density at radius 2 is 1.39 bits per heavy atom. The van der Waals surface area contributed by atoms with Gasteiger partial charge in [0.2, 0.25) is 0 Å². The highest BCUT2D eigenvalue weighted by Gasteiger charge is 2.10. The molecular formula is C13H29NO4. The zero-order valence-corrected chi connectivity index (χ0v) is 12.6. The lowest BCUT2D eigenvalue weighted by Crippen LogP contribution is -2.23. The summed E-state index contributed by atoms with van der Waals surface area (Å²) in [6, 6.07) is 0. The third-order valence-electron chi connectivity index (χ3n) is 1.50. The number of hydrogen-bond acceptors (Lipinski definition) is 4. The second kappa shape index (κ2) is 9.30. The maximum atomic E-state index is 10.0. The Morgan fingerprint density at radius 1 is 1.00 bits per heavy atom. The van der Waals surface area contributed by atoms with Crippen molar-refractivity contribution < 1.29 is 19.4 Å². The number of hydrogen-bond donors (Lipinski definition) is 2. The van der Waals surface area contributed by atoms with E-state index >= 15 is 0 Å². The molecule has 0 aliphatic heterocycles. The second-order valence-electron chi connectivity index (χ2n) is 5.85. The summed E-state index contributed by atoms with van der Waals surface area (Å²) in [7, 11) is 0. The van der Waals surface area contributed by atoms with Gasteiger partial charge >= 0.3 is 5.97 Å². The predicted molar refractivity (Wildman–Crippen MR) is 72.7 cm³/mol. The molecule has 0 rings (SSSR count). The van der Waals surface area contributed by atoms with E-state index in [1.807, 2.05) is 41.5 Å². The van der Waals surface area contributed by atoms with Gasteiger partial charge in [0.25, 0.3) is 0 Å². The average Bonchev–Trinajstić information content (AvgIpc) is 2.11. The van der Waals surface area contributed by atoms with Crippen molar-refractivity contribution in [2.45, 2.75) is 59.2 Å². The van der Waals surface area contributed by atoms with Gasteiger partial charge in [-0.3, -0.25) is 4.79 Å². The quantitative estimate of drug-likeness (QED) is 0.793. The molecule has 18 heavy (non-hydrogen) atoms. The maximum Gasteiger partial charge on any atom is 0.305 e. The molecule has 0 spiro atoms. The van der Waals surface area contributed by atoms with Crippen molar-refractivity contribution in [2.24, 2.45) is 5.73 Å². The number of carbonyl (C=O) groups is 1. The fraction of sp³-hybridized carbons (Fsp3) is 0.923. The molecule has 5 heteroatoms. The largest absolute Gasteiger partial charge is 0.481 e. The van der Waals surface area contributed by atoms with E-state index in [9.17, 15) is 4.79 Å². The van der Waals surface area contributed by atoms with E-state index in [1.165, 1.54) is 0 Å². The molecule has 0 fully saturated rings. The lowest BCUT2D eigenvalue weighted by atomic mass is 10.2. The van der Waals surface area contributed by atoms with Crippen LogP contribution < -0.4 is 5.73 Å². The molecule has 0 radical (unpaired) electrons. The van der Waals surface area contributed by atoms with Gasteiger partial charge in [-0.2, -0.15) is 0 Å². The Labute approximate surface area is 111 Å². The van der Waals surface area contributed by atoms with Crippen LogP contribution in [0.4, 0.5) is 0 Å². The lowest BCUT2D eigenvalue weighted by molar-refractivity contribution is -0.139. The number of aliphatic carboxylic acids is 1. The van der Waals surface area contributed by atoms with Crippen molar-refractivity contribution in [2.75, 3.05) is 19.8 Å². The van der Waals surface area contributed by atoms with E-state index in [0.29, 0.717) is 19.8 Å². The third kappa shape index (κ3) is 24.5. The molecule has 0 aromatic carbocycles. The van der Waals surface area contributed by atoms with E-state index in [2.05, 4.69) is 0 Å². The van der Waals surface area contributed by atoms with Crippen LogP contribution in [0.25, 0.3) is 0 Å². The zero-order valence-electron chi connectivity index (χ0n) is 12.6. The van der Waals surface area contributed by atoms with Gasteiger partial charge in [-0.1, -0.05) is 0 Å². The van der Waals surface area contributed by atoms with E-state index in [1.54, 1.807) is 0 Å². The fourth-order valence-electron chi connectivity index (χ4n) is 0.810. The molecular weight excluding hydrogens is 234 g/mol. The van der Waals surface area contributed by atoms with Gasteiger partial charge in [-0.05, 0) is 41.5 Å².